The molecular formula is C14H16N2O2S. The van der Waals surface area contributed by atoms with Crippen LogP contribution < -0.4 is 5.32 Å². The molecule has 1 aliphatic rings. The number of rotatable bonds is 5. The van der Waals surface area contributed by atoms with Crippen molar-refractivity contribution in [3.63, 3.8) is 0 Å². The van der Waals surface area contributed by atoms with Gasteiger partial charge in [-0.3, -0.25) is 4.79 Å². The van der Waals surface area contributed by atoms with Gasteiger partial charge in [0.1, 0.15) is 0 Å². The first-order valence-corrected chi connectivity index (χ1v) is 7.38. The van der Waals surface area contributed by atoms with Crippen LogP contribution in [0, 0.1) is 5.92 Å². The molecule has 0 saturated heterocycles. The summed E-state index contributed by atoms with van der Waals surface area (Å²) in [7, 11) is 0. The molecule has 0 spiro atoms. The third-order valence-corrected chi connectivity index (χ3v) is 4.25. The first-order chi connectivity index (χ1) is 9.22. The summed E-state index contributed by atoms with van der Waals surface area (Å²) in [4.78, 5) is 16.3. The molecule has 2 aromatic heterocycles. The number of amides is 1. The van der Waals surface area contributed by atoms with Gasteiger partial charge >= 0.3 is 0 Å². The third kappa shape index (κ3) is 3.04. The van der Waals surface area contributed by atoms with Crippen molar-refractivity contribution in [3.8, 4) is 10.8 Å². The van der Waals surface area contributed by atoms with Crippen molar-refractivity contribution >= 4 is 17.2 Å². The van der Waals surface area contributed by atoms with Gasteiger partial charge in [-0.1, -0.05) is 0 Å². The van der Waals surface area contributed by atoms with Crippen LogP contribution in [-0.4, -0.2) is 16.9 Å². The first-order valence-electron chi connectivity index (χ1n) is 6.50. The summed E-state index contributed by atoms with van der Waals surface area (Å²) in [6.07, 6.45) is 4.44. The van der Waals surface area contributed by atoms with E-state index in [0.717, 1.165) is 16.5 Å². The van der Waals surface area contributed by atoms with Gasteiger partial charge in [-0.25, -0.2) is 4.98 Å². The van der Waals surface area contributed by atoms with Gasteiger partial charge in [0.25, 0.3) is 0 Å². The Kier molecular flexibility index (Phi) is 3.38. The summed E-state index contributed by atoms with van der Waals surface area (Å²) in [6.45, 7) is 2.07. The molecule has 1 fully saturated rings. The van der Waals surface area contributed by atoms with E-state index in [0.29, 0.717) is 12.3 Å². The molecule has 0 aliphatic heterocycles. The van der Waals surface area contributed by atoms with Crippen LogP contribution in [0.1, 0.15) is 25.5 Å². The van der Waals surface area contributed by atoms with E-state index in [1.165, 1.54) is 24.2 Å². The molecule has 0 bridgehead atoms. The Balaban J connectivity index is 1.59. The minimum Gasteiger partial charge on any atom is -0.462 e. The highest BCUT2D eigenvalue weighted by atomic mass is 32.1. The topological polar surface area (TPSA) is 55.1 Å². The van der Waals surface area contributed by atoms with Crippen LogP contribution in [0.4, 0.5) is 0 Å². The highest BCUT2D eigenvalue weighted by Crippen LogP contribution is 2.32. The molecule has 2 aromatic rings. The lowest BCUT2D eigenvalue weighted by Crippen LogP contribution is -2.35. The van der Waals surface area contributed by atoms with Crippen molar-refractivity contribution in [2.45, 2.75) is 32.2 Å². The molecule has 3 rings (SSSR count). The lowest BCUT2D eigenvalue weighted by Gasteiger charge is -2.11. The van der Waals surface area contributed by atoms with Crippen LogP contribution >= 0.6 is 11.3 Å². The van der Waals surface area contributed by atoms with Crippen LogP contribution in [0.25, 0.3) is 10.8 Å². The number of carbonyl (C=O) groups excluding carboxylic acids is 1. The molecule has 2 heterocycles. The van der Waals surface area contributed by atoms with E-state index in [1.807, 2.05) is 17.5 Å². The molecule has 1 aliphatic carbocycles. The van der Waals surface area contributed by atoms with E-state index in [4.69, 9.17) is 4.42 Å². The fraction of sp³-hybridized carbons (Fsp3) is 0.429. The largest absolute Gasteiger partial charge is 0.462 e. The molecule has 100 valence electrons. The van der Waals surface area contributed by atoms with Crippen molar-refractivity contribution in [3.05, 3.63) is 29.5 Å². The number of nitrogens with one attached hydrogen (secondary N) is 1. The molecule has 19 heavy (non-hydrogen) atoms. The minimum atomic E-state index is 0.0516. The molecule has 1 saturated carbocycles. The van der Waals surface area contributed by atoms with Crippen molar-refractivity contribution in [2.75, 3.05) is 0 Å². The number of hydrogen-bond acceptors (Lipinski definition) is 4. The molecule has 1 unspecified atom stereocenters. The zero-order valence-electron chi connectivity index (χ0n) is 10.8. The monoisotopic (exact) mass is 276 g/mol. The Hall–Kier alpha value is -1.62. The van der Waals surface area contributed by atoms with Crippen molar-refractivity contribution in [1.29, 1.82) is 0 Å². The van der Waals surface area contributed by atoms with Gasteiger partial charge in [0.05, 0.1) is 18.4 Å². The first kappa shape index (κ1) is 12.4. The number of aromatic nitrogens is 1. The van der Waals surface area contributed by atoms with Gasteiger partial charge in [0.2, 0.25) is 5.91 Å². The predicted molar refractivity (Wildman–Crippen MR) is 73.8 cm³/mol. The average molecular weight is 276 g/mol. The maximum Gasteiger partial charge on any atom is 0.226 e. The second-order valence-electron chi connectivity index (χ2n) is 4.99. The van der Waals surface area contributed by atoms with Gasteiger partial charge in [0.15, 0.2) is 10.8 Å². The smallest absolute Gasteiger partial charge is 0.226 e. The number of nitrogens with zero attached hydrogens (tertiary/aromatic N) is 1. The van der Waals surface area contributed by atoms with E-state index >= 15 is 0 Å². The number of furan rings is 1. The molecule has 4 nitrogen and oxygen atoms in total. The fourth-order valence-electron chi connectivity index (χ4n) is 2.09. The number of hydrogen-bond donors (Lipinski definition) is 1. The maximum absolute atomic E-state index is 11.9. The summed E-state index contributed by atoms with van der Waals surface area (Å²) in [5.74, 6) is 1.48. The summed E-state index contributed by atoms with van der Waals surface area (Å²) in [5, 5.41) is 5.77. The van der Waals surface area contributed by atoms with Crippen LogP contribution in [0.15, 0.2) is 28.2 Å². The molecule has 1 atom stereocenters. The van der Waals surface area contributed by atoms with E-state index < -0.39 is 0 Å². The standard InChI is InChI=1S/C14H16N2O2S/c1-9(10-4-5-10)15-13(17)7-11-8-19-14(16-11)12-3-2-6-18-12/h2-3,6,8-10H,4-5,7H2,1H3,(H,15,17). The van der Waals surface area contributed by atoms with E-state index in [-0.39, 0.29) is 11.9 Å². The zero-order chi connectivity index (χ0) is 13.2. The van der Waals surface area contributed by atoms with E-state index in [1.54, 1.807) is 6.26 Å². The highest BCUT2D eigenvalue weighted by Gasteiger charge is 2.28. The highest BCUT2D eigenvalue weighted by molar-refractivity contribution is 7.13. The second kappa shape index (κ2) is 5.17. The van der Waals surface area contributed by atoms with Gasteiger partial charge in [-0.2, -0.15) is 0 Å². The zero-order valence-corrected chi connectivity index (χ0v) is 11.6. The summed E-state index contributed by atoms with van der Waals surface area (Å²) in [5.41, 5.74) is 0.803. The Labute approximate surface area is 115 Å². The van der Waals surface area contributed by atoms with E-state index in [2.05, 4.69) is 17.2 Å². The molecule has 0 aromatic carbocycles. The summed E-state index contributed by atoms with van der Waals surface area (Å²) >= 11 is 1.50. The van der Waals surface area contributed by atoms with Crippen molar-refractivity contribution in [2.24, 2.45) is 5.92 Å². The maximum atomic E-state index is 11.9. The number of carbonyl (C=O) groups is 1. The van der Waals surface area contributed by atoms with Gasteiger partial charge < -0.3 is 9.73 Å². The lowest BCUT2D eigenvalue weighted by molar-refractivity contribution is -0.121. The van der Waals surface area contributed by atoms with Crippen LogP contribution in [-0.2, 0) is 11.2 Å². The third-order valence-electron chi connectivity index (χ3n) is 3.34. The minimum absolute atomic E-state index is 0.0516. The lowest BCUT2D eigenvalue weighted by atomic mass is 10.2. The Morgan fingerprint density at radius 2 is 2.47 bits per heavy atom. The summed E-state index contributed by atoms with van der Waals surface area (Å²) in [6, 6.07) is 3.99. The summed E-state index contributed by atoms with van der Waals surface area (Å²) < 4.78 is 5.29. The Bertz CT molecular complexity index is 558. The average Bonchev–Trinajstić information content (AvgIpc) is 2.89. The quantitative estimate of drug-likeness (QED) is 0.913. The molecular weight excluding hydrogens is 260 g/mol. The second-order valence-corrected chi connectivity index (χ2v) is 5.85. The fourth-order valence-corrected chi connectivity index (χ4v) is 2.87. The van der Waals surface area contributed by atoms with Crippen molar-refractivity contribution in [1.82, 2.24) is 10.3 Å². The molecule has 5 heteroatoms. The normalized spacial score (nSPS) is 16.3. The number of thiazole rings is 1. The van der Waals surface area contributed by atoms with Gasteiger partial charge in [-0.15, -0.1) is 11.3 Å². The van der Waals surface area contributed by atoms with Crippen LogP contribution in [0.3, 0.4) is 0 Å². The van der Waals surface area contributed by atoms with Crippen LogP contribution in [0.2, 0.25) is 0 Å². The Morgan fingerprint density at radius 3 is 3.16 bits per heavy atom. The predicted octanol–water partition coefficient (Wildman–Crippen LogP) is 2.86. The molecule has 1 amide bonds. The van der Waals surface area contributed by atoms with Crippen LogP contribution in [0.5, 0.6) is 0 Å². The van der Waals surface area contributed by atoms with Crippen molar-refractivity contribution < 1.29 is 9.21 Å². The molecule has 0 radical (unpaired) electrons. The Morgan fingerprint density at radius 1 is 1.63 bits per heavy atom. The SMILES string of the molecule is CC(NC(=O)Cc1csc(-c2ccco2)n1)C1CC1. The molecule has 1 N–H and O–H groups in total. The van der Waals surface area contributed by atoms with Gasteiger partial charge in [0, 0.05) is 11.4 Å². The van der Waals surface area contributed by atoms with E-state index in [9.17, 15) is 4.79 Å². The van der Waals surface area contributed by atoms with Gasteiger partial charge in [-0.05, 0) is 37.8 Å².